The Kier molecular flexibility index (Phi) is 3.18. The zero-order valence-corrected chi connectivity index (χ0v) is 5.19. The van der Waals surface area contributed by atoms with E-state index in [4.69, 9.17) is 5.26 Å². The first-order chi connectivity index (χ1) is 3.66. The molecule has 1 unspecified atom stereocenters. The maximum Gasteiger partial charge on any atom is 0.186 e. The van der Waals surface area contributed by atoms with Crippen LogP contribution in [0.1, 0.15) is 20.3 Å². The molecule has 0 aromatic carbocycles. The fraction of sp³-hybridized carbons (Fsp3) is 0.833. The van der Waals surface area contributed by atoms with Crippen molar-refractivity contribution >= 4 is 0 Å². The number of hydrogen-bond donors (Lipinski definition) is 0. The van der Waals surface area contributed by atoms with Crippen molar-refractivity contribution in [3.63, 3.8) is 0 Å². The summed E-state index contributed by atoms with van der Waals surface area (Å²) in [6.07, 6.45) is -0.911. The molecular formula is C6H10FN. The summed E-state index contributed by atoms with van der Waals surface area (Å²) in [5.74, 6) is 0.282. The van der Waals surface area contributed by atoms with Crippen LogP contribution in [0.15, 0.2) is 0 Å². The Labute approximate surface area is 49.1 Å². The minimum atomic E-state index is -1.27. The molecule has 0 aliphatic heterocycles. The zero-order valence-electron chi connectivity index (χ0n) is 5.19. The molecule has 2 heteroatoms. The molecule has 0 spiro atoms. The SMILES string of the molecule is CC(C)CC(F)C#N. The van der Waals surface area contributed by atoms with Crippen molar-refractivity contribution in [3.05, 3.63) is 0 Å². The summed E-state index contributed by atoms with van der Waals surface area (Å²) in [6, 6.07) is 1.53. The van der Waals surface area contributed by atoms with Gasteiger partial charge in [-0.2, -0.15) is 5.26 Å². The van der Waals surface area contributed by atoms with Crippen LogP contribution in [0.25, 0.3) is 0 Å². The van der Waals surface area contributed by atoms with Gasteiger partial charge in [-0.25, -0.2) is 4.39 Å². The highest BCUT2D eigenvalue weighted by Gasteiger charge is 2.05. The number of alkyl halides is 1. The quantitative estimate of drug-likeness (QED) is 0.539. The third kappa shape index (κ3) is 3.60. The van der Waals surface area contributed by atoms with E-state index in [1.165, 1.54) is 6.07 Å². The molecule has 0 aromatic heterocycles. The van der Waals surface area contributed by atoms with Crippen LogP contribution < -0.4 is 0 Å². The van der Waals surface area contributed by atoms with E-state index in [0.29, 0.717) is 6.42 Å². The van der Waals surface area contributed by atoms with Crippen molar-refractivity contribution in [2.75, 3.05) is 0 Å². The average molecular weight is 115 g/mol. The highest BCUT2D eigenvalue weighted by atomic mass is 19.1. The van der Waals surface area contributed by atoms with E-state index in [-0.39, 0.29) is 5.92 Å². The lowest BCUT2D eigenvalue weighted by Gasteiger charge is -2.00. The Balaban J connectivity index is 3.28. The molecule has 0 bridgehead atoms. The summed E-state index contributed by atoms with van der Waals surface area (Å²) in [7, 11) is 0. The maximum absolute atomic E-state index is 12.0. The first-order valence-electron chi connectivity index (χ1n) is 2.70. The topological polar surface area (TPSA) is 23.8 Å². The summed E-state index contributed by atoms with van der Waals surface area (Å²) < 4.78 is 12.0. The van der Waals surface area contributed by atoms with Gasteiger partial charge in [-0.3, -0.25) is 0 Å². The average Bonchev–Trinajstić information content (AvgIpc) is 1.65. The van der Waals surface area contributed by atoms with Gasteiger partial charge >= 0.3 is 0 Å². The molecule has 1 nitrogen and oxygen atoms in total. The third-order valence-electron chi connectivity index (χ3n) is 0.818. The second kappa shape index (κ2) is 3.43. The minimum absolute atomic E-state index is 0.282. The van der Waals surface area contributed by atoms with Crippen molar-refractivity contribution in [1.82, 2.24) is 0 Å². The molecule has 0 N–H and O–H groups in total. The third-order valence-corrected chi connectivity index (χ3v) is 0.818. The predicted octanol–water partition coefficient (Wildman–Crippen LogP) is 1.89. The first-order valence-corrected chi connectivity index (χ1v) is 2.70. The highest BCUT2D eigenvalue weighted by molar-refractivity contribution is 4.82. The molecule has 0 saturated heterocycles. The van der Waals surface area contributed by atoms with Gasteiger partial charge in [-0.1, -0.05) is 13.8 Å². The van der Waals surface area contributed by atoms with E-state index in [0.717, 1.165) is 0 Å². The molecule has 1 atom stereocenters. The molecule has 0 aliphatic carbocycles. The molecule has 0 fully saturated rings. The lowest BCUT2D eigenvalue weighted by molar-refractivity contribution is 0.346. The van der Waals surface area contributed by atoms with Gasteiger partial charge < -0.3 is 0 Å². The van der Waals surface area contributed by atoms with Crippen LogP contribution in [0.4, 0.5) is 4.39 Å². The zero-order chi connectivity index (χ0) is 6.57. The number of hydrogen-bond acceptors (Lipinski definition) is 1. The number of halogens is 1. The molecule has 0 aromatic rings. The van der Waals surface area contributed by atoms with Crippen molar-refractivity contribution in [3.8, 4) is 6.07 Å². The standard InChI is InChI=1S/C6H10FN/c1-5(2)3-6(7)4-8/h5-6H,3H2,1-2H3. The number of nitriles is 1. The summed E-state index contributed by atoms with van der Waals surface area (Å²) in [5, 5.41) is 7.96. The summed E-state index contributed by atoms with van der Waals surface area (Å²) in [4.78, 5) is 0. The maximum atomic E-state index is 12.0. The Morgan fingerprint density at radius 1 is 1.62 bits per heavy atom. The molecule has 0 amide bonds. The Hall–Kier alpha value is -0.580. The normalized spacial score (nSPS) is 13.4. The molecule has 0 radical (unpaired) electrons. The molecule has 0 heterocycles. The lowest BCUT2D eigenvalue weighted by atomic mass is 10.1. The van der Waals surface area contributed by atoms with Gasteiger partial charge in [0.15, 0.2) is 6.17 Å². The van der Waals surface area contributed by atoms with Crippen LogP contribution >= 0.6 is 0 Å². The molecular weight excluding hydrogens is 105 g/mol. The number of nitrogens with zero attached hydrogens (tertiary/aromatic N) is 1. The fourth-order valence-electron chi connectivity index (χ4n) is 0.467. The van der Waals surface area contributed by atoms with Gasteiger partial charge in [0.1, 0.15) is 0 Å². The van der Waals surface area contributed by atoms with Crippen LogP contribution in [0.3, 0.4) is 0 Å². The van der Waals surface area contributed by atoms with E-state index in [1.54, 1.807) is 0 Å². The Morgan fingerprint density at radius 3 is 2.25 bits per heavy atom. The van der Waals surface area contributed by atoms with Gasteiger partial charge in [-0.05, 0) is 12.3 Å². The Morgan fingerprint density at radius 2 is 2.12 bits per heavy atom. The second-order valence-electron chi connectivity index (χ2n) is 2.23. The lowest BCUT2D eigenvalue weighted by Crippen LogP contribution is -2.00. The van der Waals surface area contributed by atoms with Crippen molar-refractivity contribution in [2.45, 2.75) is 26.4 Å². The summed E-state index contributed by atoms with van der Waals surface area (Å²) in [5.41, 5.74) is 0. The van der Waals surface area contributed by atoms with Crippen molar-refractivity contribution in [2.24, 2.45) is 5.92 Å². The van der Waals surface area contributed by atoms with Crippen LogP contribution in [0.2, 0.25) is 0 Å². The fourth-order valence-corrected chi connectivity index (χ4v) is 0.467. The summed E-state index contributed by atoms with van der Waals surface area (Å²) in [6.45, 7) is 3.79. The van der Waals surface area contributed by atoms with Gasteiger partial charge in [0.25, 0.3) is 0 Å². The van der Waals surface area contributed by atoms with Crippen molar-refractivity contribution in [1.29, 1.82) is 5.26 Å². The monoisotopic (exact) mass is 115 g/mol. The number of rotatable bonds is 2. The van der Waals surface area contributed by atoms with E-state index in [9.17, 15) is 4.39 Å². The van der Waals surface area contributed by atoms with Crippen LogP contribution in [0.5, 0.6) is 0 Å². The van der Waals surface area contributed by atoms with Crippen LogP contribution in [-0.4, -0.2) is 6.17 Å². The summed E-state index contributed by atoms with van der Waals surface area (Å²) >= 11 is 0. The van der Waals surface area contributed by atoms with E-state index >= 15 is 0 Å². The molecule has 0 aliphatic rings. The first kappa shape index (κ1) is 7.42. The van der Waals surface area contributed by atoms with Crippen LogP contribution in [0, 0.1) is 17.2 Å². The minimum Gasteiger partial charge on any atom is -0.231 e. The van der Waals surface area contributed by atoms with Gasteiger partial charge in [0.2, 0.25) is 0 Å². The van der Waals surface area contributed by atoms with E-state index in [1.807, 2.05) is 13.8 Å². The Bertz CT molecular complexity index is 93.2. The smallest absolute Gasteiger partial charge is 0.186 e. The highest BCUT2D eigenvalue weighted by Crippen LogP contribution is 2.05. The molecule has 46 valence electrons. The van der Waals surface area contributed by atoms with Gasteiger partial charge in [0.05, 0.1) is 6.07 Å². The van der Waals surface area contributed by atoms with E-state index in [2.05, 4.69) is 0 Å². The van der Waals surface area contributed by atoms with Crippen LogP contribution in [-0.2, 0) is 0 Å². The largest absolute Gasteiger partial charge is 0.231 e. The van der Waals surface area contributed by atoms with Gasteiger partial charge in [0, 0.05) is 0 Å². The predicted molar refractivity (Wildman–Crippen MR) is 30.0 cm³/mol. The second-order valence-corrected chi connectivity index (χ2v) is 2.23. The van der Waals surface area contributed by atoms with E-state index < -0.39 is 6.17 Å². The molecule has 8 heavy (non-hydrogen) atoms. The van der Waals surface area contributed by atoms with Crippen molar-refractivity contribution < 1.29 is 4.39 Å². The molecule has 0 rings (SSSR count). The van der Waals surface area contributed by atoms with Gasteiger partial charge in [-0.15, -0.1) is 0 Å². The molecule has 0 saturated carbocycles.